The molecule has 1 N–H and O–H groups in total. The largest absolute Gasteiger partial charge is 0.447 e. The second-order valence-corrected chi connectivity index (χ2v) is 8.49. The molecule has 0 fully saturated rings. The van der Waals surface area contributed by atoms with Crippen molar-refractivity contribution in [2.75, 3.05) is 0 Å². The van der Waals surface area contributed by atoms with Gasteiger partial charge in [0.2, 0.25) is 5.89 Å². The lowest BCUT2D eigenvalue weighted by Gasteiger charge is -2.21. The standard InChI is InChI=1S/C28H28FN3O2/c1-20-7-6-8-23(15-20)17-32(16-22-11-13-25(29)14-12-22)18-27-31-26(19-34-27)28(33)30-21(2)24-9-4-3-5-10-24/h3-15,19,21H,16-18H2,1-2H3,(H,30,33)/t21-/m0/s1. The molecule has 1 aromatic heterocycles. The minimum absolute atomic E-state index is 0.148. The van der Waals surface area contributed by atoms with E-state index in [4.69, 9.17) is 4.42 Å². The van der Waals surface area contributed by atoms with Crippen molar-refractivity contribution >= 4 is 5.91 Å². The molecule has 0 aliphatic heterocycles. The number of aromatic nitrogens is 1. The Hall–Kier alpha value is -3.77. The Labute approximate surface area is 199 Å². The van der Waals surface area contributed by atoms with Crippen molar-refractivity contribution in [3.63, 3.8) is 0 Å². The van der Waals surface area contributed by atoms with E-state index in [1.165, 1.54) is 24.0 Å². The summed E-state index contributed by atoms with van der Waals surface area (Å²) in [4.78, 5) is 19.3. The Kier molecular flexibility index (Phi) is 7.50. The minimum Gasteiger partial charge on any atom is -0.447 e. The molecule has 6 heteroatoms. The number of oxazole rings is 1. The minimum atomic E-state index is -0.282. The Bertz CT molecular complexity index is 1220. The third-order valence-electron chi connectivity index (χ3n) is 5.60. The van der Waals surface area contributed by atoms with Crippen LogP contribution in [-0.4, -0.2) is 15.8 Å². The summed E-state index contributed by atoms with van der Waals surface area (Å²) >= 11 is 0. The average Bonchev–Trinajstić information content (AvgIpc) is 3.30. The number of rotatable bonds is 9. The van der Waals surface area contributed by atoms with E-state index >= 15 is 0 Å². The maximum Gasteiger partial charge on any atom is 0.273 e. The van der Waals surface area contributed by atoms with Gasteiger partial charge in [0.1, 0.15) is 12.1 Å². The van der Waals surface area contributed by atoms with E-state index in [2.05, 4.69) is 40.3 Å². The zero-order valence-electron chi connectivity index (χ0n) is 19.4. The van der Waals surface area contributed by atoms with Crippen LogP contribution in [0.15, 0.2) is 89.5 Å². The van der Waals surface area contributed by atoms with Crippen molar-refractivity contribution in [2.45, 2.75) is 39.5 Å². The zero-order chi connectivity index (χ0) is 23.9. The van der Waals surface area contributed by atoms with Crippen LogP contribution in [0.4, 0.5) is 4.39 Å². The summed E-state index contributed by atoms with van der Waals surface area (Å²) in [5.41, 5.74) is 4.58. The van der Waals surface area contributed by atoms with Crippen molar-refractivity contribution in [1.82, 2.24) is 15.2 Å². The van der Waals surface area contributed by atoms with Gasteiger partial charge in [-0.3, -0.25) is 9.69 Å². The molecule has 0 unspecified atom stereocenters. The summed E-state index contributed by atoms with van der Waals surface area (Å²) in [6.45, 7) is 5.65. The van der Waals surface area contributed by atoms with Crippen LogP contribution in [-0.2, 0) is 19.6 Å². The molecular weight excluding hydrogens is 429 g/mol. The number of carbonyl (C=O) groups is 1. The molecule has 0 saturated heterocycles. The number of benzene rings is 3. The molecule has 4 rings (SSSR count). The van der Waals surface area contributed by atoms with Crippen LogP contribution in [0.2, 0.25) is 0 Å². The van der Waals surface area contributed by atoms with Crippen LogP contribution >= 0.6 is 0 Å². The molecule has 4 aromatic rings. The lowest BCUT2D eigenvalue weighted by Crippen LogP contribution is -2.27. The second-order valence-electron chi connectivity index (χ2n) is 8.49. The molecule has 1 heterocycles. The normalized spacial score (nSPS) is 12.0. The molecule has 5 nitrogen and oxygen atoms in total. The van der Waals surface area contributed by atoms with Crippen molar-refractivity contribution in [3.8, 4) is 0 Å². The highest BCUT2D eigenvalue weighted by Crippen LogP contribution is 2.17. The maximum absolute atomic E-state index is 13.4. The first-order valence-corrected chi connectivity index (χ1v) is 11.3. The van der Waals surface area contributed by atoms with Gasteiger partial charge in [-0.2, -0.15) is 0 Å². The lowest BCUT2D eigenvalue weighted by molar-refractivity contribution is 0.0934. The van der Waals surface area contributed by atoms with Crippen LogP contribution in [0.3, 0.4) is 0 Å². The summed E-state index contributed by atoms with van der Waals surface area (Å²) < 4.78 is 19.0. The Balaban J connectivity index is 1.46. The topological polar surface area (TPSA) is 58.4 Å². The van der Waals surface area contributed by atoms with Crippen LogP contribution in [0.5, 0.6) is 0 Å². The van der Waals surface area contributed by atoms with Crippen molar-refractivity contribution in [2.24, 2.45) is 0 Å². The number of halogens is 1. The van der Waals surface area contributed by atoms with Crippen LogP contribution in [0.1, 0.15) is 51.6 Å². The highest BCUT2D eigenvalue weighted by Gasteiger charge is 2.18. The predicted octanol–water partition coefficient (Wildman–Crippen LogP) is 5.82. The molecule has 34 heavy (non-hydrogen) atoms. The molecule has 0 aliphatic rings. The van der Waals surface area contributed by atoms with Crippen LogP contribution in [0, 0.1) is 12.7 Å². The second kappa shape index (κ2) is 10.9. The van der Waals surface area contributed by atoms with Gasteiger partial charge < -0.3 is 9.73 Å². The number of carbonyl (C=O) groups excluding carboxylic acids is 1. The SMILES string of the molecule is Cc1cccc(CN(Cc2ccc(F)cc2)Cc2nc(C(=O)N[C@@H](C)c3ccccc3)co2)c1. The number of hydrogen-bond acceptors (Lipinski definition) is 4. The van der Waals surface area contributed by atoms with Gasteiger partial charge in [-0.05, 0) is 42.7 Å². The summed E-state index contributed by atoms with van der Waals surface area (Å²) in [5, 5.41) is 2.96. The fourth-order valence-corrected chi connectivity index (χ4v) is 3.86. The van der Waals surface area contributed by atoms with Gasteiger partial charge in [-0.25, -0.2) is 9.37 Å². The van der Waals surface area contributed by atoms with Gasteiger partial charge in [0, 0.05) is 13.1 Å². The summed E-state index contributed by atoms with van der Waals surface area (Å²) in [7, 11) is 0. The molecule has 0 aliphatic carbocycles. The molecule has 1 amide bonds. The third-order valence-corrected chi connectivity index (χ3v) is 5.60. The molecular formula is C28H28FN3O2. The number of amides is 1. The number of nitrogens with zero attached hydrogens (tertiary/aromatic N) is 2. The molecule has 0 spiro atoms. The monoisotopic (exact) mass is 457 g/mol. The Morgan fingerprint density at radius 1 is 0.971 bits per heavy atom. The van der Waals surface area contributed by atoms with E-state index in [0.717, 1.165) is 16.7 Å². The predicted molar refractivity (Wildman–Crippen MR) is 129 cm³/mol. The highest BCUT2D eigenvalue weighted by molar-refractivity contribution is 5.92. The summed E-state index contributed by atoms with van der Waals surface area (Å²) in [6.07, 6.45) is 1.39. The van der Waals surface area contributed by atoms with E-state index < -0.39 is 0 Å². The molecule has 174 valence electrons. The fraction of sp³-hybridized carbons (Fsp3) is 0.214. The maximum atomic E-state index is 13.4. The van der Waals surface area contributed by atoms with Crippen LogP contribution in [0.25, 0.3) is 0 Å². The van der Waals surface area contributed by atoms with E-state index in [-0.39, 0.29) is 23.5 Å². The first kappa shape index (κ1) is 23.4. The van der Waals surface area contributed by atoms with Crippen molar-refractivity contribution in [1.29, 1.82) is 0 Å². The average molecular weight is 458 g/mol. The van der Waals surface area contributed by atoms with Crippen LogP contribution < -0.4 is 5.32 Å². The van der Waals surface area contributed by atoms with Crippen molar-refractivity contribution < 1.29 is 13.6 Å². The van der Waals surface area contributed by atoms with Gasteiger partial charge in [0.25, 0.3) is 5.91 Å². The first-order chi connectivity index (χ1) is 16.5. The smallest absolute Gasteiger partial charge is 0.273 e. The van der Waals surface area contributed by atoms with Gasteiger partial charge in [0.05, 0.1) is 12.6 Å². The number of hydrogen-bond donors (Lipinski definition) is 1. The lowest BCUT2D eigenvalue weighted by atomic mass is 10.1. The van der Waals surface area contributed by atoms with Crippen molar-refractivity contribution in [3.05, 3.63) is 125 Å². The molecule has 0 radical (unpaired) electrons. The van der Waals surface area contributed by atoms with E-state index in [1.807, 2.05) is 43.3 Å². The Morgan fingerprint density at radius 3 is 2.44 bits per heavy atom. The van der Waals surface area contributed by atoms with Gasteiger partial charge in [0.15, 0.2) is 5.69 Å². The zero-order valence-corrected chi connectivity index (χ0v) is 19.4. The number of aryl methyl sites for hydroxylation is 1. The summed E-state index contributed by atoms with van der Waals surface area (Å²) in [5.74, 6) is -0.0931. The van der Waals surface area contributed by atoms with E-state index in [0.29, 0.717) is 25.5 Å². The molecule has 0 bridgehead atoms. The fourth-order valence-electron chi connectivity index (χ4n) is 3.86. The van der Waals surface area contributed by atoms with E-state index in [9.17, 15) is 9.18 Å². The first-order valence-electron chi connectivity index (χ1n) is 11.3. The third kappa shape index (κ3) is 6.39. The summed E-state index contributed by atoms with van der Waals surface area (Å²) in [6, 6.07) is 24.4. The van der Waals surface area contributed by atoms with Gasteiger partial charge in [-0.1, -0.05) is 72.3 Å². The molecule has 3 aromatic carbocycles. The van der Waals surface area contributed by atoms with Gasteiger partial charge >= 0.3 is 0 Å². The van der Waals surface area contributed by atoms with Gasteiger partial charge in [-0.15, -0.1) is 0 Å². The number of nitrogens with one attached hydrogen (secondary N) is 1. The molecule has 1 atom stereocenters. The van der Waals surface area contributed by atoms with E-state index in [1.54, 1.807) is 12.1 Å². The Morgan fingerprint density at radius 2 is 1.71 bits per heavy atom. The quantitative estimate of drug-likeness (QED) is 0.344. The molecule has 0 saturated carbocycles. The highest BCUT2D eigenvalue weighted by atomic mass is 19.1.